The minimum Gasteiger partial charge on any atom is -0.491 e. The zero-order valence-corrected chi connectivity index (χ0v) is 10.9. The summed E-state index contributed by atoms with van der Waals surface area (Å²) in [5.74, 6) is 0.832. The third-order valence-corrected chi connectivity index (χ3v) is 2.95. The van der Waals surface area contributed by atoms with E-state index in [-0.39, 0.29) is 12.4 Å². The van der Waals surface area contributed by atoms with Gasteiger partial charge in [0.25, 0.3) is 0 Å². The number of β-amino-alcohol motifs (C(OH)–C–C–N with tert-alkyl or cyclic N) is 1. The first-order valence-corrected chi connectivity index (χ1v) is 5.81. The van der Waals surface area contributed by atoms with E-state index in [9.17, 15) is 5.11 Å². The van der Waals surface area contributed by atoms with Gasteiger partial charge in [-0.25, -0.2) is 0 Å². The fraction of sp³-hybridized carbons (Fsp3) is 0.538. The van der Waals surface area contributed by atoms with Gasteiger partial charge < -0.3 is 15.2 Å². The Balaban J connectivity index is 0.00000144. The largest absolute Gasteiger partial charge is 0.491 e. The molecule has 0 aliphatic carbocycles. The van der Waals surface area contributed by atoms with Crippen LogP contribution in [-0.2, 0) is 0 Å². The first kappa shape index (κ1) is 14.3. The van der Waals surface area contributed by atoms with Crippen molar-refractivity contribution in [3.63, 3.8) is 0 Å². The molecule has 1 aliphatic rings. The Hall–Kier alpha value is -0.770. The Morgan fingerprint density at radius 1 is 1.47 bits per heavy atom. The van der Waals surface area contributed by atoms with E-state index in [1.165, 1.54) is 5.56 Å². The molecular weight excluding hydrogens is 238 g/mol. The van der Waals surface area contributed by atoms with Crippen LogP contribution in [0.5, 0.6) is 5.75 Å². The third kappa shape index (κ3) is 4.19. The molecule has 17 heavy (non-hydrogen) atoms. The van der Waals surface area contributed by atoms with E-state index in [0.29, 0.717) is 13.2 Å². The number of nitrogens with one attached hydrogen (secondary N) is 1. The predicted octanol–water partition coefficient (Wildman–Crippen LogP) is 1.91. The van der Waals surface area contributed by atoms with Gasteiger partial charge in [0.1, 0.15) is 18.0 Å². The molecule has 1 heterocycles. The highest BCUT2D eigenvalue weighted by Crippen LogP contribution is 2.19. The van der Waals surface area contributed by atoms with Gasteiger partial charge in [-0.1, -0.05) is 12.1 Å². The molecule has 1 aromatic carbocycles. The van der Waals surface area contributed by atoms with E-state index < -0.39 is 5.60 Å². The molecule has 2 rings (SSSR count). The molecule has 0 saturated carbocycles. The van der Waals surface area contributed by atoms with Crippen molar-refractivity contribution in [1.82, 2.24) is 5.32 Å². The molecule has 0 amide bonds. The van der Waals surface area contributed by atoms with Gasteiger partial charge in [-0.15, -0.1) is 12.4 Å². The van der Waals surface area contributed by atoms with Crippen molar-refractivity contribution in [2.45, 2.75) is 25.4 Å². The van der Waals surface area contributed by atoms with Gasteiger partial charge in [-0.2, -0.15) is 0 Å². The highest BCUT2D eigenvalue weighted by atomic mass is 35.5. The first-order valence-electron chi connectivity index (χ1n) is 5.81. The van der Waals surface area contributed by atoms with Gasteiger partial charge >= 0.3 is 0 Å². The summed E-state index contributed by atoms with van der Waals surface area (Å²) in [6.07, 6.45) is 1.82. The highest BCUT2D eigenvalue weighted by Gasteiger charge is 2.29. The molecule has 0 radical (unpaired) electrons. The summed E-state index contributed by atoms with van der Waals surface area (Å²) in [5, 5.41) is 13.4. The molecule has 4 heteroatoms. The molecule has 1 aromatic rings. The molecule has 1 aliphatic heterocycles. The number of aliphatic hydroxyl groups is 1. The van der Waals surface area contributed by atoms with Gasteiger partial charge in [0.2, 0.25) is 0 Å². The molecule has 1 saturated heterocycles. The fourth-order valence-corrected chi connectivity index (χ4v) is 2.00. The Labute approximate surface area is 109 Å². The van der Waals surface area contributed by atoms with Crippen molar-refractivity contribution >= 4 is 12.4 Å². The zero-order valence-electron chi connectivity index (χ0n) is 10.1. The third-order valence-electron chi connectivity index (χ3n) is 2.95. The molecule has 1 fully saturated rings. The SMILES string of the molecule is Cc1cccc(OCC2(O)CCCNC2)c1.Cl. The zero-order chi connectivity index (χ0) is 11.4. The summed E-state index contributed by atoms with van der Waals surface area (Å²) >= 11 is 0. The maximum absolute atomic E-state index is 10.2. The van der Waals surface area contributed by atoms with E-state index in [2.05, 4.69) is 5.32 Å². The summed E-state index contributed by atoms with van der Waals surface area (Å²) in [7, 11) is 0. The normalized spacial score (nSPS) is 23.9. The van der Waals surface area contributed by atoms with Crippen LogP contribution in [0.1, 0.15) is 18.4 Å². The maximum Gasteiger partial charge on any atom is 0.119 e. The van der Waals surface area contributed by atoms with Gasteiger partial charge in [0.05, 0.1) is 0 Å². The second kappa shape index (κ2) is 6.24. The lowest BCUT2D eigenvalue weighted by Gasteiger charge is -2.32. The molecule has 3 nitrogen and oxygen atoms in total. The molecule has 96 valence electrons. The van der Waals surface area contributed by atoms with Gasteiger partial charge in [0, 0.05) is 6.54 Å². The van der Waals surface area contributed by atoms with Crippen molar-refractivity contribution < 1.29 is 9.84 Å². The molecule has 1 atom stereocenters. The van der Waals surface area contributed by atoms with Crippen molar-refractivity contribution in [3.8, 4) is 5.75 Å². The Kier molecular flexibility index (Phi) is 5.25. The first-order chi connectivity index (χ1) is 7.68. The standard InChI is InChI=1S/C13H19NO2.ClH/c1-11-4-2-5-12(8-11)16-10-13(15)6-3-7-14-9-13;/h2,4-5,8,14-15H,3,6-7,9-10H2,1H3;1H. The van der Waals surface area contributed by atoms with Crippen LogP contribution < -0.4 is 10.1 Å². The van der Waals surface area contributed by atoms with Crippen LogP contribution in [0.15, 0.2) is 24.3 Å². The average molecular weight is 258 g/mol. The van der Waals surface area contributed by atoms with E-state index in [0.717, 1.165) is 25.1 Å². The number of ether oxygens (including phenoxy) is 1. The predicted molar refractivity (Wildman–Crippen MR) is 71.0 cm³/mol. The number of benzene rings is 1. The lowest BCUT2D eigenvalue weighted by Crippen LogP contribution is -2.49. The average Bonchev–Trinajstić information content (AvgIpc) is 2.28. The minimum atomic E-state index is -0.706. The maximum atomic E-state index is 10.2. The summed E-state index contributed by atoms with van der Waals surface area (Å²) in [5.41, 5.74) is 0.466. The van der Waals surface area contributed by atoms with Crippen LogP contribution in [0, 0.1) is 6.92 Å². The number of piperidine rings is 1. The van der Waals surface area contributed by atoms with Crippen molar-refractivity contribution in [2.75, 3.05) is 19.7 Å². The Morgan fingerprint density at radius 2 is 2.29 bits per heavy atom. The van der Waals surface area contributed by atoms with Crippen molar-refractivity contribution in [1.29, 1.82) is 0 Å². The topological polar surface area (TPSA) is 41.5 Å². The molecule has 1 unspecified atom stereocenters. The summed E-state index contributed by atoms with van der Waals surface area (Å²) in [6.45, 7) is 4.01. The van der Waals surface area contributed by atoms with E-state index >= 15 is 0 Å². The minimum absolute atomic E-state index is 0. The van der Waals surface area contributed by atoms with Crippen molar-refractivity contribution in [2.24, 2.45) is 0 Å². The van der Waals surface area contributed by atoms with Crippen LogP contribution >= 0.6 is 12.4 Å². The number of hydrogen-bond acceptors (Lipinski definition) is 3. The number of halogens is 1. The second-order valence-corrected chi connectivity index (χ2v) is 4.61. The molecule has 0 aromatic heterocycles. The smallest absolute Gasteiger partial charge is 0.119 e. The van der Waals surface area contributed by atoms with Crippen LogP contribution in [0.4, 0.5) is 0 Å². The van der Waals surface area contributed by atoms with E-state index in [1.807, 2.05) is 31.2 Å². The number of rotatable bonds is 3. The van der Waals surface area contributed by atoms with Crippen LogP contribution in [0.2, 0.25) is 0 Å². The van der Waals surface area contributed by atoms with Gasteiger partial charge in [-0.05, 0) is 44.0 Å². The van der Waals surface area contributed by atoms with E-state index in [4.69, 9.17) is 4.74 Å². The Bertz CT molecular complexity index is 351. The summed E-state index contributed by atoms with van der Waals surface area (Å²) in [6, 6.07) is 7.91. The van der Waals surface area contributed by atoms with Gasteiger partial charge in [0.15, 0.2) is 0 Å². The van der Waals surface area contributed by atoms with Crippen LogP contribution in [0.25, 0.3) is 0 Å². The van der Waals surface area contributed by atoms with E-state index in [1.54, 1.807) is 0 Å². The lowest BCUT2D eigenvalue weighted by atomic mass is 9.95. The summed E-state index contributed by atoms with van der Waals surface area (Å²) < 4.78 is 5.64. The van der Waals surface area contributed by atoms with Crippen molar-refractivity contribution in [3.05, 3.63) is 29.8 Å². The number of hydrogen-bond donors (Lipinski definition) is 2. The lowest BCUT2D eigenvalue weighted by molar-refractivity contribution is -0.0230. The molecule has 2 N–H and O–H groups in total. The van der Waals surface area contributed by atoms with Gasteiger partial charge in [-0.3, -0.25) is 0 Å². The van der Waals surface area contributed by atoms with Crippen LogP contribution in [0.3, 0.4) is 0 Å². The Morgan fingerprint density at radius 3 is 2.94 bits per heavy atom. The number of aryl methyl sites for hydroxylation is 1. The fourth-order valence-electron chi connectivity index (χ4n) is 2.00. The second-order valence-electron chi connectivity index (χ2n) is 4.61. The highest BCUT2D eigenvalue weighted by molar-refractivity contribution is 5.85. The molecule has 0 bridgehead atoms. The monoisotopic (exact) mass is 257 g/mol. The molecule has 0 spiro atoms. The summed E-state index contributed by atoms with van der Waals surface area (Å²) in [4.78, 5) is 0. The quantitative estimate of drug-likeness (QED) is 0.869. The van der Waals surface area contributed by atoms with Crippen LogP contribution in [-0.4, -0.2) is 30.4 Å². The molecular formula is C13H20ClNO2.